The third-order valence-electron chi connectivity index (χ3n) is 2.34. The molecule has 0 fully saturated rings. The van der Waals surface area contributed by atoms with E-state index in [2.05, 4.69) is 39.0 Å². The lowest BCUT2D eigenvalue weighted by molar-refractivity contribution is 0.196. The van der Waals surface area contributed by atoms with Crippen LogP contribution in [0.3, 0.4) is 0 Å². The Morgan fingerprint density at radius 3 is 2.43 bits per heavy atom. The van der Waals surface area contributed by atoms with Crippen molar-refractivity contribution in [3.05, 3.63) is 29.3 Å². The highest BCUT2D eigenvalue weighted by atomic mass is 32.2. The van der Waals surface area contributed by atoms with Crippen molar-refractivity contribution in [2.75, 3.05) is 0 Å². The van der Waals surface area contributed by atoms with Crippen LogP contribution in [0.15, 0.2) is 23.1 Å². The van der Waals surface area contributed by atoms with E-state index in [1.807, 2.05) is 6.92 Å². The summed E-state index contributed by atoms with van der Waals surface area (Å²) in [4.78, 5) is 1.28. The zero-order valence-corrected chi connectivity index (χ0v) is 10.1. The van der Waals surface area contributed by atoms with Crippen LogP contribution in [0, 0.1) is 13.8 Å². The maximum Gasteiger partial charge on any atom is 0.0631 e. The van der Waals surface area contributed by atoms with E-state index in [0.29, 0.717) is 0 Å². The molecule has 0 bridgehead atoms. The molecule has 14 heavy (non-hydrogen) atoms. The molecular weight excluding hydrogens is 192 g/mol. The average Bonchev–Trinajstić information content (AvgIpc) is 2.11. The minimum atomic E-state index is -0.264. The Kier molecular flexibility index (Phi) is 4.02. The molecule has 1 nitrogen and oxygen atoms in total. The lowest BCUT2D eigenvalue weighted by Crippen LogP contribution is -2.15. The molecule has 2 atom stereocenters. The number of benzene rings is 1. The van der Waals surface area contributed by atoms with E-state index in [1.54, 1.807) is 11.8 Å². The summed E-state index contributed by atoms with van der Waals surface area (Å²) in [7, 11) is 0. The predicted molar refractivity (Wildman–Crippen MR) is 62.9 cm³/mol. The second-order valence-electron chi connectivity index (χ2n) is 3.83. The number of aliphatic hydroxyl groups is 1. The van der Waals surface area contributed by atoms with Gasteiger partial charge in [0.2, 0.25) is 0 Å². The summed E-state index contributed by atoms with van der Waals surface area (Å²) in [6.45, 7) is 8.09. The van der Waals surface area contributed by atoms with Crippen molar-refractivity contribution in [1.82, 2.24) is 0 Å². The van der Waals surface area contributed by atoms with E-state index in [4.69, 9.17) is 0 Å². The monoisotopic (exact) mass is 210 g/mol. The molecule has 78 valence electrons. The molecule has 2 heteroatoms. The van der Waals surface area contributed by atoms with E-state index < -0.39 is 0 Å². The molecule has 0 aliphatic heterocycles. The Labute approximate surface area is 90.5 Å². The Bertz CT molecular complexity index is 307. The second-order valence-corrected chi connectivity index (χ2v) is 5.25. The topological polar surface area (TPSA) is 20.2 Å². The zero-order valence-electron chi connectivity index (χ0n) is 9.24. The molecule has 0 aliphatic carbocycles. The standard InChI is InChI=1S/C12H18OS/c1-8-5-6-9(2)12(7-8)14-11(4)10(3)13/h5-7,10-11,13H,1-4H3. The maximum atomic E-state index is 9.42. The van der Waals surface area contributed by atoms with E-state index in [0.717, 1.165) is 0 Å². The van der Waals surface area contributed by atoms with Crippen molar-refractivity contribution in [3.63, 3.8) is 0 Å². The van der Waals surface area contributed by atoms with Crippen LogP contribution in [0.4, 0.5) is 0 Å². The number of aryl methyl sites for hydroxylation is 2. The van der Waals surface area contributed by atoms with Gasteiger partial charge in [-0.15, -0.1) is 11.8 Å². The molecule has 0 saturated carbocycles. The largest absolute Gasteiger partial charge is 0.392 e. The average molecular weight is 210 g/mol. The van der Waals surface area contributed by atoms with E-state index in [9.17, 15) is 5.11 Å². The van der Waals surface area contributed by atoms with Gasteiger partial charge in [-0.1, -0.05) is 24.6 Å². The van der Waals surface area contributed by atoms with Crippen LogP contribution in [0.1, 0.15) is 25.0 Å². The summed E-state index contributed by atoms with van der Waals surface area (Å²) < 4.78 is 0. The van der Waals surface area contributed by atoms with Crippen molar-refractivity contribution < 1.29 is 5.11 Å². The fourth-order valence-corrected chi connectivity index (χ4v) is 2.24. The van der Waals surface area contributed by atoms with Crippen LogP contribution in [0.5, 0.6) is 0 Å². The highest BCUT2D eigenvalue weighted by Crippen LogP contribution is 2.28. The molecule has 1 aromatic rings. The van der Waals surface area contributed by atoms with Crippen LogP contribution in [-0.2, 0) is 0 Å². The molecule has 0 heterocycles. The van der Waals surface area contributed by atoms with Gasteiger partial charge in [0.15, 0.2) is 0 Å². The van der Waals surface area contributed by atoms with Gasteiger partial charge in [-0.2, -0.15) is 0 Å². The Morgan fingerprint density at radius 2 is 1.86 bits per heavy atom. The predicted octanol–water partition coefficient (Wildman–Crippen LogP) is 3.16. The van der Waals surface area contributed by atoms with Gasteiger partial charge >= 0.3 is 0 Å². The minimum Gasteiger partial charge on any atom is -0.392 e. The molecular formula is C12H18OS. The van der Waals surface area contributed by atoms with E-state index in [-0.39, 0.29) is 11.4 Å². The molecule has 0 aromatic heterocycles. The van der Waals surface area contributed by atoms with Crippen LogP contribution < -0.4 is 0 Å². The summed E-state index contributed by atoms with van der Waals surface area (Å²) in [6.07, 6.45) is -0.264. The number of aliphatic hydroxyl groups excluding tert-OH is 1. The number of hydrogen-bond acceptors (Lipinski definition) is 2. The normalized spacial score (nSPS) is 15.2. The minimum absolute atomic E-state index is 0.246. The molecule has 1 aromatic carbocycles. The molecule has 0 amide bonds. The Hall–Kier alpha value is -0.470. The van der Waals surface area contributed by atoms with Gasteiger partial charge in [0, 0.05) is 10.1 Å². The highest BCUT2D eigenvalue weighted by molar-refractivity contribution is 8.00. The summed E-state index contributed by atoms with van der Waals surface area (Å²) in [5, 5.41) is 9.67. The lowest BCUT2D eigenvalue weighted by atomic mass is 10.2. The SMILES string of the molecule is Cc1ccc(C)c(SC(C)C(C)O)c1. The smallest absolute Gasteiger partial charge is 0.0631 e. The Morgan fingerprint density at radius 1 is 1.21 bits per heavy atom. The van der Waals surface area contributed by atoms with Crippen molar-refractivity contribution >= 4 is 11.8 Å². The molecule has 0 radical (unpaired) electrons. The number of rotatable bonds is 3. The lowest BCUT2D eigenvalue weighted by Gasteiger charge is -2.15. The van der Waals surface area contributed by atoms with E-state index in [1.165, 1.54) is 16.0 Å². The first-order chi connectivity index (χ1) is 6.50. The summed E-state index contributed by atoms with van der Waals surface area (Å²) in [5.74, 6) is 0. The van der Waals surface area contributed by atoms with Gasteiger partial charge in [-0.3, -0.25) is 0 Å². The second kappa shape index (κ2) is 4.85. The Balaban J connectivity index is 2.80. The molecule has 0 saturated heterocycles. The number of thioether (sulfide) groups is 1. The molecule has 2 unspecified atom stereocenters. The van der Waals surface area contributed by atoms with Gasteiger partial charge in [0.05, 0.1) is 6.10 Å². The van der Waals surface area contributed by atoms with Crippen LogP contribution >= 0.6 is 11.8 Å². The first kappa shape index (κ1) is 11.6. The van der Waals surface area contributed by atoms with Crippen molar-refractivity contribution in [2.45, 2.75) is 43.9 Å². The third kappa shape index (κ3) is 3.03. The fourth-order valence-electron chi connectivity index (χ4n) is 1.13. The van der Waals surface area contributed by atoms with Gasteiger partial charge < -0.3 is 5.11 Å². The van der Waals surface area contributed by atoms with Crippen molar-refractivity contribution in [2.24, 2.45) is 0 Å². The molecule has 1 rings (SSSR count). The summed E-state index contributed by atoms with van der Waals surface area (Å²) >= 11 is 1.74. The quantitative estimate of drug-likeness (QED) is 0.773. The van der Waals surface area contributed by atoms with Crippen LogP contribution in [-0.4, -0.2) is 16.5 Å². The summed E-state index contributed by atoms with van der Waals surface area (Å²) in [5.41, 5.74) is 2.56. The van der Waals surface area contributed by atoms with Gasteiger partial charge in [-0.25, -0.2) is 0 Å². The zero-order chi connectivity index (χ0) is 10.7. The van der Waals surface area contributed by atoms with Crippen LogP contribution in [0.25, 0.3) is 0 Å². The first-order valence-electron chi connectivity index (χ1n) is 4.92. The molecule has 0 spiro atoms. The summed E-state index contributed by atoms with van der Waals surface area (Å²) in [6, 6.07) is 6.43. The maximum absolute atomic E-state index is 9.42. The van der Waals surface area contributed by atoms with Crippen molar-refractivity contribution in [3.8, 4) is 0 Å². The van der Waals surface area contributed by atoms with Crippen LogP contribution in [0.2, 0.25) is 0 Å². The third-order valence-corrected chi connectivity index (χ3v) is 3.80. The van der Waals surface area contributed by atoms with Crippen molar-refractivity contribution in [1.29, 1.82) is 0 Å². The molecule has 1 N–H and O–H groups in total. The molecule has 0 aliphatic rings. The number of hydrogen-bond donors (Lipinski definition) is 1. The highest BCUT2D eigenvalue weighted by Gasteiger charge is 2.11. The van der Waals surface area contributed by atoms with Gasteiger partial charge in [0.1, 0.15) is 0 Å². The first-order valence-corrected chi connectivity index (χ1v) is 5.80. The van der Waals surface area contributed by atoms with Gasteiger partial charge in [-0.05, 0) is 32.4 Å². The van der Waals surface area contributed by atoms with Gasteiger partial charge in [0.25, 0.3) is 0 Å². The van der Waals surface area contributed by atoms with E-state index >= 15 is 0 Å². The fraction of sp³-hybridized carbons (Fsp3) is 0.500.